The number of benzene rings is 1. The minimum Gasteiger partial charge on any atom is -0.326 e. The second kappa shape index (κ2) is 5.84. The molecule has 0 fully saturated rings. The molecule has 0 amide bonds. The van der Waals surface area contributed by atoms with Crippen molar-refractivity contribution in [1.82, 2.24) is 14.5 Å². The number of imidazole rings is 1. The van der Waals surface area contributed by atoms with Gasteiger partial charge in [0.15, 0.2) is 0 Å². The van der Waals surface area contributed by atoms with E-state index in [-0.39, 0.29) is 0 Å². The fourth-order valence-electron chi connectivity index (χ4n) is 2.51. The Morgan fingerprint density at radius 3 is 2.86 bits per heavy atom. The maximum absolute atomic E-state index is 6.28. The lowest BCUT2D eigenvalue weighted by molar-refractivity contribution is 0.704. The minimum atomic E-state index is 0.516. The van der Waals surface area contributed by atoms with Crippen molar-refractivity contribution in [2.75, 3.05) is 0 Å². The average Bonchev–Trinajstić information content (AvgIpc) is 2.86. The van der Waals surface area contributed by atoms with Crippen LogP contribution < -0.4 is 5.73 Å². The molecule has 0 aliphatic heterocycles. The second-order valence-corrected chi connectivity index (χ2v) is 5.38. The van der Waals surface area contributed by atoms with Crippen LogP contribution in [-0.4, -0.2) is 14.5 Å². The molecule has 2 N–H and O–H groups in total. The number of hydrogen-bond acceptors (Lipinski definition) is 3. The zero-order valence-electron chi connectivity index (χ0n) is 11.9. The normalized spacial score (nSPS) is 11.2. The van der Waals surface area contributed by atoms with E-state index >= 15 is 0 Å². The number of pyridine rings is 1. The Balaban J connectivity index is 2.26. The quantitative estimate of drug-likeness (QED) is 0.800. The van der Waals surface area contributed by atoms with Gasteiger partial charge in [-0.15, -0.1) is 0 Å². The number of aromatic nitrogens is 3. The van der Waals surface area contributed by atoms with Crippen LogP contribution in [0.2, 0.25) is 5.02 Å². The Bertz CT molecular complexity index is 779. The molecule has 5 heteroatoms. The highest BCUT2D eigenvalue weighted by molar-refractivity contribution is 6.33. The van der Waals surface area contributed by atoms with E-state index in [0.29, 0.717) is 11.6 Å². The van der Waals surface area contributed by atoms with Gasteiger partial charge < -0.3 is 10.3 Å². The topological polar surface area (TPSA) is 56.7 Å². The van der Waals surface area contributed by atoms with Crippen LogP contribution in [-0.2, 0) is 13.1 Å². The minimum absolute atomic E-state index is 0.516. The van der Waals surface area contributed by atoms with Crippen molar-refractivity contribution in [2.24, 2.45) is 5.73 Å². The Hall–Kier alpha value is -1.91. The van der Waals surface area contributed by atoms with E-state index in [2.05, 4.69) is 22.5 Å². The number of fused-ring (bicyclic) bond motifs is 1. The molecule has 108 valence electrons. The predicted molar refractivity (Wildman–Crippen MR) is 86.2 cm³/mol. The number of aryl methyl sites for hydroxylation is 1. The fourth-order valence-corrected chi connectivity index (χ4v) is 2.72. The summed E-state index contributed by atoms with van der Waals surface area (Å²) in [6.07, 6.45) is 4.42. The Morgan fingerprint density at radius 1 is 1.29 bits per heavy atom. The van der Waals surface area contributed by atoms with Gasteiger partial charge in [-0.2, -0.15) is 0 Å². The van der Waals surface area contributed by atoms with Crippen molar-refractivity contribution in [3.63, 3.8) is 0 Å². The van der Waals surface area contributed by atoms with Gasteiger partial charge in [0.2, 0.25) is 0 Å². The van der Waals surface area contributed by atoms with Gasteiger partial charge in [-0.25, -0.2) is 4.98 Å². The summed E-state index contributed by atoms with van der Waals surface area (Å²) in [5, 5.41) is 0.615. The lowest BCUT2D eigenvalue weighted by atomic mass is 10.2. The Kier molecular flexibility index (Phi) is 3.90. The first kappa shape index (κ1) is 14.0. The molecule has 0 saturated carbocycles. The highest BCUT2D eigenvalue weighted by atomic mass is 35.5. The van der Waals surface area contributed by atoms with Gasteiger partial charge >= 0.3 is 0 Å². The SMILES string of the molecule is CCCn1c(-c2ccncc2Cl)nc2cc(CN)ccc21. The van der Waals surface area contributed by atoms with Crippen LogP contribution >= 0.6 is 11.6 Å². The third-order valence-corrected chi connectivity index (χ3v) is 3.81. The second-order valence-electron chi connectivity index (χ2n) is 4.97. The molecule has 0 aliphatic rings. The van der Waals surface area contributed by atoms with E-state index in [1.54, 1.807) is 12.4 Å². The molecule has 0 spiro atoms. The molecule has 0 radical (unpaired) electrons. The summed E-state index contributed by atoms with van der Waals surface area (Å²) in [4.78, 5) is 8.81. The summed E-state index contributed by atoms with van der Waals surface area (Å²) < 4.78 is 2.21. The van der Waals surface area contributed by atoms with E-state index in [1.807, 2.05) is 18.2 Å². The molecule has 0 aliphatic carbocycles. The molecule has 3 aromatic rings. The van der Waals surface area contributed by atoms with Gasteiger partial charge in [0.1, 0.15) is 5.82 Å². The molecule has 1 aromatic carbocycles. The number of nitrogens with zero attached hydrogens (tertiary/aromatic N) is 3. The fraction of sp³-hybridized carbons (Fsp3) is 0.250. The van der Waals surface area contributed by atoms with Gasteiger partial charge in [0, 0.05) is 31.0 Å². The van der Waals surface area contributed by atoms with Gasteiger partial charge in [0.25, 0.3) is 0 Å². The van der Waals surface area contributed by atoms with Crippen LogP contribution in [0.1, 0.15) is 18.9 Å². The van der Waals surface area contributed by atoms with Crippen molar-refractivity contribution in [2.45, 2.75) is 26.4 Å². The number of hydrogen-bond donors (Lipinski definition) is 1. The zero-order chi connectivity index (χ0) is 14.8. The maximum Gasteiger partial charge on any atom is 0.142 e. The molecule has 0 atom stereocenters. The summed E-state index contributed by atoms with van der Waals surface area (Å²) in [5.41, 5.74) is 9.76. The molecular weight excluding hydrogens is 284 g/mol. The van der Waals surface area contributed by atoms with Crippen LogP contribution in [0.5, 0.6) is 0 Å². The highest BCUT2D eigenvalue weighted by Crippen LogP contribution is 2.30. The van der Waals surface area contributed by atoms with E-state index in [9.17, 15) is 0 Å². The largest absolute Gasteiger partial charge is 0.326 e. The van der Waals surface area contributed by atoms with E-state index in [1.165, 1.54) is 0 Å². The van der Waals surface area contributed by atoms with Crippen molar-refractivity contribution in [1.29, 1.82) is 0 Å². The summed E-state index contributed by atoms with van der Waals surface area (Å²) in [6, 6.07) is 8.08. The maximum atomic E-state index is 6.28. The molecule has 2 heterocycles. The molecule has 0 unspecified atom stereocenters. The first-order valence-electron chi connectivity index (χ1n) is 7.03. The van der Waals surface area contributed by atoms with Gasteiger partial charge in [0.05, 0.1) is 16.1 Å². The lowest BCUT2D eigenvalue weighted by Gasteiger charge is -2.08. The van der Waals surface area contributed by atoms with Gasteiger partial charge in [-0.3, -0.25) is 4.98 Å². The highest BCUT2D eigenvalue weighted by Gasteiger charge is 2.14. The first-order valence-corrected chi connectivity index (χ1v) is 7.41. The standard InChI is InChI=1S/C16H17ClN4/c1-2-7-21-15-4-3-11(9-18)8-14(15)20-16(21)12-5-6-19-10-13(12)17/h3-6,8,10H,2,7,9,18H2,1H3. The Morgan fingerprint density at radius 2 is 2.14 bits per heavy atom. The van der Waals surface area contributed by atoms with Crippen molar-refractivity contribution < 1.29 is 0 Å². The first-order chi connectivity index (χ1) is 10.2. The monoisotopic (exact) mass is 300 g/mol. The molecule has 0 saturated heterocycles. The van der Waals surface area contributed by atoms with E-state index in [0.717, 1.165) is 41.0 Å². The molecular formula is C16H17ClN4. The van der Waals surface area contributed by atoms with E-state index < -0.39 is 0 Å². The number of halogens is 1. The van der Waals surface area contributed by atoms with Crippen molar-refractivity contribution in [3.05, 3.63) is 47.2 Å². The molecule has 2 aromatic heterocycles. The van der Waals surface area contributed by atoms with Crippen molar-refractivity contribution in [3.8, 4) is 11.4 Å². The summed E-state index contributed by atoms with van der Waals surface area (Å²) in [6.45, 7) is 3.56. The molecule has 3 rings (SSSR count). The van der Waals surface area contributed by atoms with Crippen LogP contribution in [0.15, 0.2) is 36.7 Å². The lowest BCUT2D eigenvalue weighted by Crippen LogP contribution is -2.00. The third-order valence-electron chi connectivity index (χ3n) is 3.51. The third kappa shape index (κ3) is 2.52. The Labute approximate surface area is 128 Å². The van der Waals surface area contributed by atoms with Crippen LogP contribution in [0.4, 0.5) is 0 Å². The summed E-state index contributed by atoms with van der Waals surface area (Å²) in [5.74, 6) is 0.883. The number of rotatable bonds is 4. The van der Waals surface area contributed by atoms with E-state index in [4.69, 9.17) is 22.3 Å². The summed E-state index contributed by atoms with van der Waals surface area (Å²) in [7, 11) is 0. The predicted octanol–water partition coefficient (Wildman–Crippen LogP) is 3.62. The molecule has 4 nitrogen and oxygen atoms in total. The van der Waals surface area contributed by atoms with Crippen LogP contribution in [0, 0.1) is 0 Å². The molecule has 21 heavy (non-hydrogen) atoms. The molecule has 0 bridgehead atoms. The van der Waals surface area contributed by atoms with Gasteiger partial charge in [-0.1, -0.05) is 24.6 Å². The average molecular weight is 301 g/mol. The smallest absolute Gasteiger partial charge is 0.142 e. The summed E-state index contributed by atoms with van der Waals surface area (Å²) >= 11 is 6.28. The van der Waals surface area contributed by atoms with Crippen LogP contribution in [0.25, 0.3) is 22.4 Å². The van der Waals surface area contributed by atoms with Gasteiger partial charge in [-0.05, 0) is 30.2 Å². The van der Waals surface area contributed by atoms with Crippen molar-refractivity contribution >= 4 is 22.6 Å². The number of nitrogens with two attached hydrogens (primary N) is 1. The van der Waals surface area contributed by atoms with Crippen LogP contribution in [0.3, 0.4) is 0 Å². The zero-order valence-corrected chi connectivity index (χ0v) is 12.6.